The first-order chi connectivity index (χ1) is 6.29. The topological polar surface area (TPSA) is 18.5 Å². The lowest BCUT2D eigenvalue weighted by molar-refractivity contribution is -0.0221. The molecule has 0 aliphatic carbocycles. The van der Waals surface area contributed by atoms with Crippen molar-refractivity contribution < 1.29 is 9.47 Å². The fourth-order valence-corrected chi connectivity index (χ4v) is 1.01. The van der Waals surface area contributed by atoms with Gasteiger partial charge in [-0.1, -0.05) is 27.7 Å². The van der Waals surface area contributed by atoms with Crippen molar-refractivity contribution in [3.8, 4) is 0 Å². The van der Waals surface area contributed by atoms with Crippen molar-refractivity contribution in [2.45, 2.75) is 34.1 Å². The summed E-state index contributed by atoms with van der Waals surface area (Å²) in [5.74, 6) is 1.67. The number of hydrogen-bond donors (Lipinski definition) is 0. The zero-order chi connectivity index (χ0) is 10.1. The number of hydrogen-bond acceptors (Lipinski definition) is 2. The fourth-order valence-electron chi connectivity index (χ4n) is 1.01. The van der Waals surface area contributed by atoms with Gasteiger partial charge < -0.3 is 9.47 Å². The summed E-state index contributed by atoms with van der Waals surface area (Å²) < 4.78 is 9.89. The summed E-state index contributed by atoms with van der Waals surface area (Å²) in [6.07, 6.45) is 1.26. The quantitative estimate of drug-likeness (QED) is 0.582. The molecule has 2 rings (SSSR count). The molecular formula is C11H24O2. The van der Waals surface area contributed by atoms with Crippen LogP contribution in [0, 0.1) is 11.8 Å². The van der Waals surface area contributed by atoms with E-state index in [2.05, 4.69) is 13.8 Å². The van der Waals surface area contributed by atoms with Crippen molar-refractivity contribution >= 4 is 0 Å². The monoisotopic (exact) mass is 188 g/mol. The van der Waals surface area contributed by atoms with Crippen LogP contribution < -0.4 is 0 Å². The van der Waals surface area contributed by atoms with E-state index in [1.165, 1.54) is 6.42 Å². The van der Waals surface area contributed by atoms with Crippen LogP contribution in [-0.2, 0) is 9.47 Å². The van der Waals surface area contributed by atoms with Gasteiger partial charge in [-0.05, 0) is 12.3 Å². The van der Waals surface area contributed by atoms with Crippen molar-refractivity contribution in [1.29, 1.82) is 0 Å². The minimum absolute atomic E-state index is 0.824. The molecule has 2 saturated heterocycles. The Kier molecular flexibility index (Phi) is 8.46. The summed E-state index contributed by atoms with van der Waals surface area (Å²) in [4.78, 5) is 0. The molecule has 1 atom stereocenters. The van der Waals surface area contributed by atoms with Crippen LogP contribution in [0.1, 0.15) is 34.1 Å². The Morgan fingerprint density at radius 3 is 1.46 bits per heavy atom. The molecule has 2 aliphatic heterocycles. The lowest BCUT2D eigenvalue weighted by Crippen LogP contribution is -2.23. The minimum atomic E-state index is 0.824. The molecule has 0 radical (unpaired) electrons. The van der Waals surface area contributed by atoms with E-state index in [1.54, 1.807) is 0 Å². The summed E-state index contributed by atoms with van der Waals surface area (Å²) in [6, 6.07) is 0. The second kappa shape index (κ2) is 8.52. The molecule has 80 valence electrons. The number of rotatable bonds is 0. The lowest BCUT2D eigenvalue weighted by Gasteiger charge is -2.20. The molecule has 2 fully saturated rings. The highest BCUT2D eigenvalue weighted by atomic mass is 16.5. The van der Waals surface area contributed by atoms with Gasteiger partial charge in [-0.15, -0.1) is 0 Å². The predicted molar refractivity (Wildman–Crippen MR) is 55.9 cm³/mol. The van der Waals surface area contributed by atoms with Crippen molar-refractivity contribution in [3.63, 3.8) is 0 Å². The Morgan fingerprint density at radius 1 is 0.846 bits per heavy atom. The highest BCUT2D eigenvalue weighted by molar-refractivity contribution is 4.56. The van der Waals surface area contributed by atoms with Crippen LogP contribution in [0.25, 0.3) is 0 Å². The summed E-state index contributed by atoms with van der Waals surface area (Å²) in [5.41, 5.74) is 0. The average molecular weight is 188 g/mol. The summed E-state index contributed by atoms with van der Waals surface area (Å²) in [5, 5.41) is 0. The van der Waals surface area contributed by atoms with Gasteiger partial charge in [0.05, 0.1) is 13.2 Å². The minimum Gasteiger partial charge on any atom is -0.381 e. The Hall–Kier alpha value is -0.0800. The highest BCUT2D eigenvalue weighted by Gasteiger charge is 2.09. The van der Waals surface area contributed by atoms with Gasteiger partial charge >= 0.3 is 0 Å². The maximum atomic E-state index is 5.06. The van der Waals surface area contributed by atoms with Gasteiger partial charge in [0, 0.05) is 19.1 Å². The molecule has 0 aromatic carbocycles. The first kappa shape index (κ1) is 12.9. The van der Waals surface area contributed by atoms with Gasteiger partial charge in [0.1, 0.15) is 0 Å². The summed E-state index contributed by atoms with van der Waals surface area (Å²) >= 11 is 0. The van der Waals surface area contributed by atoms with Crippen molar-refractivity contribution in [3.05, 3.63) is 0 Å². The van der Waals surface area contributed by atoms with Crippen LogP contribution in [0.5, 0.6) is 0 Å². The fraction of sp³-hybridized carbons (Fsp3) is 1.00. The molecule has 0 N–H and O–H groups in total. The van der Waals surface area contributed by atoms with E-state index in [4.69, 9.17) is 9.47 Å². The van der Waals surface area contributed by atoms with Gasteiger partial charge in [-0.3, -0.25) is 0 Å². The van der Waals surface area contributed by atoms with Crippen LogP contribution in [0.2, 0.25) is 0 Å². The lowest BCUT2D eigenvalue weighted by atomic mass is 10.2. The maximum absolute atomic E-state index is 5.06. The highest BCUT2D eigenvalue weighted by Crippen LogP contribution is 2.09. The first-order valence-electron chi connectivity index (χ1n) is 5.44. The van der Waals surface area contributed by atoms with Crippen molar-refractivity contribution in [2.24, 2.45) is 11.8 Å². The third-order valence-electron chi connectivity index (χ3n) is 1.96. The van der Waals surface area contributed by atoms with E-state index < -0.39 is 0 Å². The molecular weight excluding hydrogens is 164 g/mol. The number of ether oxygens (including phenoxy) is 2. The van der Waals surface area contributed by atoms with E-state index in [9.17, 15) is 0 Å². The van der Waals surface area contributed by atoms with Crippen molar-refractivity contribution in [2.75, 3.05) is 26.4 Å². The molecule has 2 heterocycles. The van der Waals surface area contributed by atoms with E-state index in [1.807, 2.05) is 13.8 Å². The van der Waals surface area contributed by atoms with Gasteiger partial charge in [-0.25, -0.2) is 0 Å². The third kappa shape index (κ3) is 7.03. The molecule has 0 saturated carbocycles. The molecule has 13 heavy (non-hydrogen) atoms. The molecule has 0 bridgehead atoms. The molecule has 0 aromatic heterocycles. The zero-order valence-electron chi connectivity index (χ0n) is 9.51. The second-order valence-corrected chi connectivity index (χ2v) is 3.61. The van der Waals surface area contributed by atoms with Gasteiger partial charge in [0.2, 0.25) is 0 Å². The standard InChI is InChI=1S/C5H10O.C4H8O.C2H6/c1-5-2-3-6-4-5;1-4-2-5-3-4;1-2/h5H,2-4H2,1H3;4H,2-3H2,1H3;1-2H3/t5-;;/m0../s1. The van der Waals surface area contributed by atoms with Crippen molar-refractivity contribution in [1.82, 2.24) is 0 Å². The van der Waals surface area contributed by atoms with Crippen LogP contribution in [0.3, 0.4) is 0 Å². The van der Waals surface area contributed by atoms with Crippen LogP contribution in [0.4, 0.5) is 0 Å². The Balaban J connectivity index is 0.000000189. The van der Waals surface area contributed by atoms with Crippen LogP contribution >= 0.6 is 0 Å². The molecule has 0 aromatic rings. The Labute approximate surface area is 82.6 Å². The molecule has 0 amide bonds. The van der Waals surface area contributed by atoms with E-state index >= 15 is 0 Å². The first-order valence-corrected chi connectivity index (χ1v) is 5.44. The maximum Gasteiger partial charge on any atom is 0.0513 e. The normalized spacial score (nSPS) is 26.3. The Morgan fingerprint density at radius 2 is 1.38 bits per heavy atom. The third-order valence-corrected chi connectivity index (χ3v) is 1.96. The predicted octanol–water partition coefficient (Wildman–Crippen LogP) is 2.72. The molecule has 0 unspecified atom stereocenters. The van der Waals surface area contributed by atoms with Gasteiger partial charge in [0.15, 0.2) is 0 Å². The SMILES string of the molecule is CC.CC1COC1.C[C@H]1CCOC1. The Bertz CT molecular complexity index is 94.3. The largest absolute Gasteiger partial charge is 0.381 e. The van der Waals surface area contributed by atoms with Crippen LogP contribution in [-0.4, -0.2) is 26.4 Å². The van der Waals surface area contributed by atoms with E-state index in [0.717, 1.165) is 38.3 Å². The molecule has 0 spiro atoms. The summed E-state index contributed by atoms with van der Waals surface area (Å²) in [7, 11) is 0. The van der Waals surface area contributed by atoms with Gasteiger partial charge in [-0.2, -0.15) is 0 Å². The van der Waals surface area contributed by atoms with E-state index in [0.29, 0.717) is 0 Å². The summed E-state index contributed by atoms with van der Waals surface area (Å²) in [6.45, 7) is 12.3. The zero-order valence-corrected chi connectivity index (χ0v) is 9.51. The smallest absolute Gasteiger partial charge is 0.0513 e. The molecule has 2 nitrogen and oxygen atoms in total. The van der Waals surface area contributed by atoms with Gasteiger partial charge in [0.25, 0.3) is 0 Å². The average Bonchev–Trinajstić information content (AvgIpc) is 2.57. The molecule has 2 heteroatoms. The molecule has 2 aliphatic rings. The second-order valence-electron chi connectivity index (χ2n) is 3.61. The van der Waals surface area contributed by atoms with Crippen LogP contribution in [0.15, 0.2) is 0 Å². The van der Waals surface area contributed by atoms with E-state index in [-0.39, 0.29) is 0 Å².